The molecule has 2 aromatic carbocycles. The molecule has 1 aliphatic rings. The average molecular weight is 336 g/mol. The molecule has 130 valence electrons. The summed E-state index contributed by atoms with van der Waals surface area (Å²) in [6, 6.07) is 18.0. The van der Waals surface area contributed by atoms with Crippen molar-refractivity contribution in [1.82, 2.24) is 10.6 Å². The molecule has 2 aromatic rings. The highest BCUT2D eigenvalue weighted by Gasteiger charge is 2.15. The van der Waals surface area contributed by atoms with E-state index >= 15 is 0 Å². The lowest BCUT2D eigenvalue weighted by molar-refractivity contribution is -0.127. The predicted molar refractivity (Wildman–Crippen MR) is 101 cm³/mol. The second-order valence-electron chi connectivity index (χ2n) is 6.18. The number of rotatable bonds is 6. The summed E-state index contributed by atoms with van der Waals surface area (Å²) in [5.74, 6) is 0.606. The molecule has 1 unspecified atom stereocenters. The molecule has 2 N–H and O–H groups in total. The Kier molecular flexibility index (Phi) is 5.86. The summed E-state index contributed by atoms with van der Waals surface area (Å²) < 4.78 is 5.76. The average Bonchev–Trinajstić information content (AvgIpc) is 2.68. The number of benzene rings is 2. The van der Waals surface area contributed by atoms with E-state index in [2.05, 4.69) is 28.8 Å². The molecule has 0 saturated carbocycles. The Bertz CT molecular complexity index is 723. The first-order valence-electron chi connectivity index (χ1n) is 8.71. The number of hydrogen-bond acceptors (Lipinski definition) is 3. The van der Waals surface area contributed by atoms with Gasteiger partial charge in [0.15, 0.2) is 6.10 Å². The lowest BCUT2D eigenvalue weighted by Gasteiger charge is -2.18. The molecule has 25 heavy (non-hydrogen) atoms. The number of carbonyl (C=O) groups is 1. The van der Waals surface area contributed by atoms with Crippen molar-refractivity contribution in [3.8, 4) is 16.9 Å². The third-order valence-corrected chi connectivity index (χ3v) is 4.29. The van der Waals surface area contributed by atoms with E-state index in [4.69, 9.17) is 4.74 Å². The minimum Gasteiger partial charge on any atom is -0.481 e. The van der Waals surface area contributed by atoms with E-state index in [-0.39, 0.29) is 5.91 Å². The van der Waals surface area contributed by atoms with Gasteiger partial charge in [-0.1, -0.05) is 54.1 Å². The van der Waals surface area contributed by atoms with Crippen LogP contribution in [0.25, 0.3) is 11.1 Å². The lowest BCUT2D eigenvalue weighted by Crippen LogP contribution is -2.38. The number of carbonyl (C=O) groups excluding carboxylic acids is 1. The highest BCUT2D eigenvalue weighted by Crippen LogP contribution is 2.22. The molecule has 1 atom stereocenters. The Morgan fingerprint density at radius 1 is 1.12 bits per heavy atom. The van der Waals surface area contributed by atoms with Gasteiger partial charge in [-0.25, -0.2) is 0 Å². The fraction of sp³-hybridized carbons (Fsp3) is 0.286. The van der Waals surface area contributed by atoms with Crippen molar-refractivity contribution in [2.45, 2.75) is 19.4 Å². The van der Waals surface area contributed by atoms with Crippen LogP contribution in [0.3, 0.4) is 0 Å². The van der Waals surface area contributed by atoms with Crippen molar-refractivity contribution in [3.05, 3.63) is 66.2 Å². The SMILES string of the molecule is CC(Oc1ccc(-c2ccccc2)cc1)C(=O)NCC1=CCNCC1. The molecule has 1 heterocycles. The zero-order valence-corrected chi connectivity index (χ0v) is 14.5. The Hall–Kier alpha value is -2.59. The van der Waals surface area contributed by atoms with E-state index < -0.39 is 6.10 Å². The van der Waals surface area contributed by atoms with Crippen LogP contribution in [0, 0.1) is 0 Å². The molecule has 0 saturated heterocycles. The summed E-state index contributed by atoms with van der Waals surface area (Å²) in [7, 11) is 0. The second-order valence-corrected chi connectivity index (χ2v) is 6.18. The lowest BCUT2D eigenvalue weighted by atomic mass is 10.1. The van der Waals surface area contributed by atoms with Gasteiger partial charge in [0.05, 0.1) is 0 Å². The van der Waals surface area contributed by atoms with Crippen LogP contribution in [-0.4, -0.2) is 31.6 Å². The van der Waals surface area contributed by atoms with Gasteiger partial charge in [0.2, 0.25) is 0 Å². The topological polar surface area (TPSA) is 50.4 Å². The van der Waals surface area contributed by atoms with Crippen molar-refractivity contribution >= 4 is 5.91 Å². The Morgan fingerprint density at radius 3 is 2.52 bits per heavy atom. The largest absolute Gasteiger partial charge is 0.481 e. The maximum absolute atomic E-state index is 12.2. The van der Waals surface area contributed by atoms with Gasteiger partial charge in [-0.05, 0) is 43.1 Å². The molecule has 1 amide bonds. The standard InChI is InChI=1S/C21H24N2O2/c1-16(21(24)23-15-17-11-13-22-14-12-17)25-20-9-7-19(8-10-20)18-5-3-2-4-6-18/h2-11,16,22H,12-15H2,1H3,(H,23,24). The van der Waals surface area contributed by atoms with E-state index in [1.807, 2.05) is 42.5 Å². The first-order valence-corrected chi connectivity index (χ1v) is 8.71. The molecule has 0 radical (unpaired) electrons. The van der Waals surface area contributed by atoms with Crippen molar-refractivity contribution in [1.29, 1.82) is 0 Å². The highest BCUT2D eigenvalue weighted by atomic mass is 16.5. The van der Waals surface area contributed by atoms with Crippen LogP contribution >= 0.6 is 0 Å². The summed E-state index contributed by atoms with van der Waals surface area (Å²) in [5.41, 5.74) is 3.56. The van der Waals surface area contributed by atoms with Gasteiger partial charge in [-0.3, -0.25) is 4.79 Å². The molecule has 0 aliphatic carbocycles. The maximum atomic E-state index is 12.2. The molecule has 0 bridgehead atoms. The molecule has 1 aliphatic heterocycles. The molecule has 4 heteroatoms. The Balaban J connectivity index is 1.52. The van der Waals surface area contributed by atoms with Crippen LogP contribution in [-0.2, 0) is 4.79 Å². The highest BCUT2D eigenvalue weighted by molar-refractivity contribution is 5.81. The number of ether oxygens (including phenoxy) is 1. The first-order chi connectivity index (χ1) is 12.2. The second kappa shape index (κ2) is 8.49. The summed E-state index contributed by atoms with van der Waals surface area (Å²) in [6.45, 7) is 4.23. The maximum Gasteiger partial charge on any atom is 0.261 e. The Morgan fingerprint density at radius 2 is 1.84 bits per heavy atom. The summed E-state index contributed by atoms with van der Waals surface area (Å²) in [4.78, 5) is 12.2. The van der Waals surface area contributed by atoms with Gasteiger partial charge in [0.1, 0.15) is 5.75 Å². The van der Waals surface area contributed by atoms with Gasteiger partial charge >= 0.3 is 0 Å². The van der Waals surface area contributed by atoms with Crippen molar-refractivity contribution in [2.75, 3.05) is 19.6 Å². The van der Waals surface area contributed by atoms with Crippen LogP contribution < -0.4 is 15.4 Å². The molecule has 0 aromatic heterocycles. The monoisotopic (exact) mass is 336 g/mol. The quantitative estimate of drug-likeness (QED) is 0.797. The third kappa shape index (κ3) is 4.94. The molecule has 4 nitrogen and oxygen atoms in total. The molecule has 0 spiro atoms. The normalized spacial score (nSPS) is 15.2. The minimum atomic E-state index is -0.523. The summed E-state index contributed by atoms with van der Waals surface area (Å²) in [6.07, 6.45) is 2.60. The first kappa shape index (κ1) is 17.2. The predicted octanol–water partition coefficient (Wildman–Crippen LogP) is 3.16. The fourth-order valence-electron chi connectivity index (χ4n) is 2.79. The Labute approximate surface area is 148 Å². The van der Waals surface area contributed by atoms with E-state index in [1.165, 1.54) is 5.57 Å². The third-order valence-electron chi connectivity index (χ3n) is 4.29. The smallest absolute Gasteiger partial charge is 0.261 e. The number of amides is 1. The zero-order chi connectivity index (χ0) is 17.5. The molecule has 0 fully saturated rings. The van der Waals surface area contributed by atoms with E-state index in [1.54, 1.807) is 6.92 Å². The van der Waals surface area contributed by atoms with Crippen LogP contribution in [0.15, 0.2) is 66.2 Å². The van der Waals surface area contributed by atoms with Crippen molar-refractivity contribution in [2.24, 2.45) is 0 Å². The number of nitrogens with one attached hydrogen (secondary N) is 2. The molecular formula is C21H24N2O2. The van der Waals surface area contributed by atoms with Crippen LogP contribution in [0.1, 0.15) is 13.3 Å². The van der Waals surface area contributed by atoms with Gasteiger partial charge in [0.25, 0.3) is 5.91 Å². The van der Waals surface area contributed by atoms with Crippen molar-refractivity contribution in [3.63, 3.8) is 0 Å². The van der Waals surface area contributed by atoms with Crippen LogP contribution in [0.2, 0.25) is 0 Å². The zero-order valence-electron chi connectivity index (χ0n) is 14.5. The summed E-state index contributed by atoms with van der Waals surface area (Å²) in [5, 5.41) is 6.21. The van der Waals surface area contributed by atoms with E-state index in [0.29, 0.717) is 12.3 Å². The van der Waals surface area contributed by atoms with Gasteiger partial charge in [0, 0.05) is 13.1 Å². The van der Waals surface area contributed by atoms with Crippen LogP contribution in [0.5, 0.6) is 5.75 Å². The van der Waals surface area contributed by atoms with Gasteiger partial charge in [-0.2, -0.15) is 0 Å². The summed E-state index contributed by atoms with van der Waals surface area (Å²) >= 11 is 0. The van der Waals surface area contributed by atoms with Crippen molar-refractivity contribution < 1.29 is 9.53 Å². The molecular weight excluding hydrogens is 312 g/mol. The van der Waals surface area contributed by atoms with Crippen LogP contribution in [0.4, 0.5) is 0 Å². The minimum absolute atomic E-state index is 0.0911. The molecule has 3 rings (SSSR count). The van der Waals surface area contributed by atoms with Gasteiger partial charge < -0.3 is 15.4 Å². The number of hydrogen-bond donors (Lipinski definition) is 2. The van der Waals surface area contributed by atoms with Gasteiger partial charge in [-0.15, -0.1) is 0 Å². The van der Waals surface area contributed by atoms with E-state index in [0.717, 1.165) is 30.6 Å². The van der Waals surface area contributed by atoms with E-state index in [9.17, 15) is 4.79 Å². The fourth-order valence-corrected chi connectivity index (χ4v) is 2.79.